The molecule has 2 atom stereocenters. The van der Waals surface area contributed by atoms with Crippen LogP contribution >= 0.6 is 0 Å². The van der Waals surface area contributed by atoms with Gasteiger partial charge in [-0.15, -0.1) is 0 Å². The van der Waals surface area contributed by atoms with Gasteiger partial charge in [0.1, 0.15) is 17.5 Å². The fourth-order valence-electron chi connectivity index (χ4n) is 5.26. The highest BCUT2D eigenvalue weighted by Gasteiger charge is 2.31. The Hall–Kier alpha value is -4.36. The molecule has 13 heteroatoms. The number of alkyl halides is 3. The van der Waals surface area contributed by atoms with Gasteiger partial charge in [0.25, 0.3) is 5.91 Å². The lowest BCUT2D eigenvalue weighted by atomic mass is 10.1. The molecule has 0 unspecified atom stereocenters. The number of hydrogen-bond acceptors (Lipinski definition) is 7. The molecular formula is C31H33F4N7O2. The number of aromatic nitrogens is 4. The van der Waals surface area contributed by atoms with Crippen molar-refractivity contribution in [1.82, 2.24) is 25.1 Å². The molecule has 1 amide bonds. The summed E-state index contributed by atoms with van der Waals surface area (Å²) >= 11 is 0. The lowest BCUT2D eigenvalue weighted by molar-refractivity contribution is -0.137. The van der Waals surface area contributed by atoms with Crippen LogP contribution in [0.1, 0.15) is 52.5 Å². The molecule has 9 nitrogen and oxygen atoms in total. The van der Waals surface area contributed by atoms with Crippen molar-refractivity contribution in [2.45, 2.75) is 58.5 Å². The second-order valence-electron chi connectivity index (χ2n) is 11.0. The zero-order chi connectivity index (χ0) is 31.4. The number of nitrogens with zero attached hydrogens (tertiary/aromatic N) is 4. The number of morpholine rings is 1. The zero-order valence-corrected chi connectivity index (χ0v) is 24.5. The van der Waals surface area contributed by atoms with Crippen molar-refractivity contribution in [2.75, 3.05) is 23.7 Å². The van der Waals surface area contributed by atoms with Crippen LogP contribution in [0, 0.1) is 12.7 Å². The van der Waals surface area contributed by atoms with Crippen molar-refractivity contribution in [3.63, 3.8) is 0 Å². The molecule has 0 bridgehead atoms. The van der Waals surface area contributed by atoms with Crippen LogP contribution in [0.15, 0.2) is 54.6 Å². The topological polar surface area (TPSA) is 108 Å². The van der Waals surface area contributed by atoms with Crippen LogP contribution in [0.5, 0.6) is 0 Å². The number of H-pyrrole nitrogens is 1. The first-order valence-electron chi connectivity index (χ1n) is 14.2. The number of benzene rings is 2. The maximum Gasteiger partial charge on any atom is 0.416 e. The van der Waals surface area contributed by atoms with E-state index in [4.69, 9.17) is 4.74 Å². The van der Waals surface area contributed by atoms with E-state index < -0.39 is 23.5 Å². The van der Waals surface area contributed by atoms with Crippen LogP contribution in [0.25, 0.3) is 0 Å². The van der Waals surface area contributed by atoms with Gasteiger partial charge in [-0.3, -0.25) is 14.8 Å². The van der Waals surface area contributed by atoms with Crippen LogP contribution in [-0.2, 0) is 30.3 Å². The van der Waals surface area contributed by atoms with Crippen molar-refractivity contribution in [3.05, 3.63) is 94.3 Å². The molecule has 232 valence electrons. The third-order valence-corrected chi connectivity index (χ3v) is 7.08. The monoisotopic (exact) mass is 611 g/mol. The van der Waals surface area contributed by atoms with E-state index in [0.29, 0.717) is 36.0 Å². The number of carbonyl (C=O) groups excluding carboxylic acids is 1. The SMILES string of the molecule is Cc1nc(CN2C[C@@H](C)O[C@@H](C)C2)cc(Nc2cc(CCc3cc(NC(=O)c4cccc(C(F)(F)F)c4)ccc3F)[nH]n2)n1. The van der Waals surface area contributed by atoms with Crippen LogP contribution in [-0.4, -0.2) is 56.3 Å². The molecule has 3 N–H and O–H groups in total. The van der Waals surface area contributed by atoms with Crippen LogP contribution in [0.4, 0.5) is 34.9 Å². The smallest absolute Gasteiger partial charge is 0.373 e. The van der Waals surface area contributed by atoms with Crippen molar-refractivity contribution in [3.8, 4) is 0 Å². The number of amides is 1. The van der Waals surface area contributed by atoms with Gasteiger partial charge in [-0.25, -0.2) is 14.4 Å². The Morgan fingerprint density at radius 3 is 2.55 bits per heavy atom. The number of halogens is 4. The third-order valence-electron chi connectivity index (χ3n) is 7.08. The number of rotatable bonds is 9. The molecular weight excluding hydrogens is 578 g/mol. The van der Waals surface area contributed by atoms with E-state index in [1.165, 1.54) is 30.3 Å². The number of aryl methyl sites for hydroxylation is 3. The largest absolute Gasteiger partial charge is 0.416 e. The molecule has 0 spiro atoms. The lowest BCUT2D eigenvalue weighted by Crippen LogP contribution is -2.44. The standard InChI is InChI=1S/C31H33F4N7O2/c1-18-15-42(16-19(2)44-18)17-26-14-28(37-20(3)36-26)39-29-13-25(40-41-29)8-7-21-12-24(9-10-27(21)32)38-30(43)22-5-4-6-23(11-22)31(33,34)35/h4-6,9-14,18-19H,7-8,15-17H2,1-3H3,(H,38,43)(H2,36,37,39,40,41)/t18-,19+. The number of carbonyl (C=O) groups is 1. The minimum absolute atomic E-state index is 0.153. The van der Waals surface area contributed by atoms with Crippen LogP contribution < -0.4 is 10.6 Å². The Kier molecular flexibility index (Phi) is 9.25. The summed E-state index contributed by atoms with van der Waals surface area (Å²) in [5, 5.41) is 13.0. The summed E-state index contributed by atoms with van der Waals surface area (Å²) in [4.78, 5) is 24.0. The van der Waals surface area contributed by atoms with Gasteiger partial charge in [-0.1, -0.05) is 6.07 Å². The molecule has 0 saturated carbocycles. The van der Waals surface area contributed by atoms with Crippen LogP contribution in [0.3, 0.4) is 0 Å². The molecule has 1 aliphatic rings. The molecule has 1 aliphatic heterocycles. The number of anilines is 3. The van der Waals surface area contributed by atoms with Crippen molar-refractivity contribution in [2.24, 2.45) is 0 Å². The van der Waals surface area contributed by atoms with E-state index in [1.54, 1.807) is 6.07 Å². The average Bonchev–Trinajstić information content (AvgIpc) is 3.39. The molecule has 44 heavy (non-hydrogen) atoms. The molecule has 2 aromatic carbocycles. The zero-order valence-electron chi connectivity index (χ0n) is 24.5. The number of nitrogens with one attached hydrogen (secondary N) is 3. The Morgan fingerprint density at radius 1 is 1.02 bits per heavy atom. The van der Waals surface area contributed by atoms with Gasteiger partial charge in [0.2, 0.25) is 0 Å². The number of hydrogen-bond donors (Lipinski definition) is 3. The summed E-state index contributed by atoms with van der Waals surface area (Å²) in [5.74, 6) is 0.587. The Morgan fingerprint density at radius 2 is 1.80 bits per heavy atom. The maximum absolute atomic E-state index is 14.6. The van der Waals surface area contributed by atoms with E-state index in [9.17, 15) is 22.4 Å². The second kappa shape index (κ2) is 13.1. The number of ether oxygens (including phenoxy) is 1. The quantitative estimate of drug-likeness (QED) is 0.198. The molecule has 2 aromatic heterocycles. The first-order valence-corrected chi connectivity index (χ1v) is 14.2. The maximum atomic E-state index is 14.6. The van der Waals surface area contributed by atoms with Gasteiger partial charge >= 0.3 is 6.18 Å². The predicted molar refractivity (Wildman–Crippen MR) is 157 cm³/mol. The Labute approximate surface area is 252 Å². The van der Waals surface area contributed by atoms with E-state index in [2.05, 4.69) is 49.5 Å². The predicted octanol–water partition coefficient (Wildman–Crippen LogP) is 6.06. The molecule has 4 aromatic rings. The van der Waals surface area contributed by atoms with E-state index in [0.717, 1.165) is 36.6 Å². The van der Waals surface area contributed by atoms with Crippen LogP contribution in [0.2, 0.25) is 0 Å². The first kappa shape index (κ1) is 31.1. The number of aromatic amines is 1. The minimum atomic E-state index is -4.57. The summed E-state index contributed by atoms with van der Waals surface area (Å²) in [6.45, 7) is 8.27. The van der Waals surface area contributed by atoms with Crippen molar-refractivity contribution >= 4 is 23.2 Å². The molecule has 0 radical (unpaired) electrons. The summed E-state index contributed by atoms with van der Waals surface area (Å²) in [6.07, 6.45) is -3.56. The Bertz CT molecular complexity index is 1610. The molecule has 1 fully saturated rings. The van der Waals surface area contributed by atoms with Gasteiger partial charge < -0.3 is 15.4 Å². The summed E-state index contributed by atoms with van der Waals surface area (Å²) < 4.78 is 59.5. The summed E-state index contributed by atoms with van der Waals surface area (Å²) in [5.41, 5.74) is 1.15. The van der Waals surface area contributed by atoms with Gasteiger partial charge in [0.15, 0.2) is 5.82 Å². The summed E-state index contributed by atoms with van der Waals surface area (Å²) in [7, 11) is 0. The molecule has 1 saturated heterocycles. The summed E-state index contributed by atoms with van der Waals surface area (Å²) in [6, 6.07) is 11.9. The fourth-order valence-corrected chi connectivity index (χ4v) is 5.26. The highest BCUT2D eigenvalue weighted by Crippen LogP contribution is 2.30. The highest BCUT2D eigenvalue weighted by molar-refractivity contribution is 6.04. The normalized spacial score (nSPS) is 17.4. The van der Waals surface area contributed by atoms with Gasteiger partial charge in [-0.05, 0) is 75.6 Å². The highest BCUT2D eigenvalue weighted by atomic mass is 19.4. The van der Waals surface area contributed by atoms with Crippen molar-refractivity contribution in [1.29, 1.82) is 0 Å². The Balaban J connectivity index is 1.19. The minimum Gasteiger partial charge on any atom is -0.373 e. The fraction of sp³-hybridized carbons (Fsp3) is 0.355. The average molecular weight is 612 g/mol. The molecule has 5 rings (SSSR count). The van der Waals surface area contributed by atoms with E-state index >= 15 is 0 Å². The molecule has 0 aliphatic carbocycles. The molecule has 3 heterocycles. The first-order chi connectivity index (χ1) is 20.9. The van der Waals surface area contributed by atoms with E-state index in [1.807, 2.05) is 13.0 Å². The lowest BCUT2D eigenvalue weighted by Gasteiger charge is -2.35. The van der Waals surface area contributed by atoms with Gasteiger partial charge in [0.05, 0.1) is 23.5 Å². The van der Waals surface area contributed by atoms with E-state index in [-0.39, 0.29) is 29.9 Å². The second-order valence-corrected chi connectivity index (χ2v) is 11.0. The van der Waals surface area contributed by atoms with Gasteiger partial charge in [0, 0.05) is 48.7 Å². The van der Waals surface area contributed by atoms with Gasteiger partial charge in [-0.2, -0.15) is 18.3 Å². The third kappa shape index (κ3) is 8.17. The van der Waals surface area contributed by atoms with Crippen molar-refractivity contribution < 1.29 is 27.1 Å².